The highest BCUT2D eigenvalue weighted by Gasteiger charge is 2.22. The van der Waals surface area contributed by atoms with E-state index in [1.807, 2.05) is 47.6 Å². The van der Waals surface area contributed by atoms with Crippen molar-refractivity contribution in [1.82, 2.24) is 25.1 Å². The summed E-state index contributed by atoms with van der Waals surface area (Å²) >= 11 is 0. The first-order chi connectivity index (χ1) is 14.0. The van der Waals surface area contributed by atoms with Crippen LogP contribution in [0.4, 0.5) is 0 Å². The van der Waals surface area contributed by atoms with E-state index in [-0.39, 0.29) is 5.91 Å². The lowest BCUT2D eigenvalue weighted by atomic mass is 10.0. The van der Waals surface area contributed by atoms with Crippen molar-refractivity contribution in [3.63, 3.8) is 0 Å². The van der Waals surface area contributed by atoms with Crippen LogP contribution in [0.2, 0.25) is 0 Å². The van der Waals surface area contributed by atoms with E-state index >= 15 is 0 Å². The van der Waals surface area contributed by atoms with Crippen LogP contribution < -0.4 is 5.43 Å². The smallest absolute Gasteiger partial charge is 0.269 e. The number of amides is 1. The van der Waals surface area contributed by atoms with Crippen LogP contribution in [-0.2, 0) is 0 Å². The predicted octanol–water partition coefficient (Wildman–Crippen LogP) is 3.05. The van der Waals surface area contributed by atoms with Gasteiger partial charge in [0.25, 0.3) is 5.91 Å². The summed E-state index contributed by atoms with van der Waals surface area (Å²) in [6.45, 7) is 7.67. The van der Waals surface area contributed by atoms with Gasteiger partial charge >= 0.3 is 0 Å². The summed E-state index contributed by atoms with van der Waals surface area (Å²) in [6.07, 6.45) is 1.82. The first-order valence-corrected chi connectivity index (χ1v) is 9.98. The van der Waals surface area contributed by atoms with E-state index in [1.165, 1.54) is 11.1 Å². The van der Waals surface area contributed by atoms with Gasteiger partial charge in [-0.15, -0.1) is 0 Å². The number of carbonyl (C=O) groups excluding carboxylic acids is 1. The van der Waals surface area contributed by atoms with E-state index in [2.05, 4.69) is 43.4 Å². The second-order valence-corrected chi connectivity index (χ2v) is 7.70. The molecule has 0 spiro atoms. The Hall–Kier alpha value is -2.96. The van der Waals surface area contributed by atoms with E-state index in [0.29, 0.717) is 11.3 Å². The third-order valence-corrected chi connectivity index (χ3v) is 5.52. The molecule has 0 aliphatic carbocycles. The molecular formula is C23H27N5O. The number of para-hydroxylation sites is 1. The fraction of sp³-hybridized carbons (Fsp3) is 0.304. The molecule has 150 valence electrons. The second kappa shape index (κ2) is 8.19. The molecule has 29 heavy (non-hydrogen) atoms. The molecule has 1 N–H and O–H groups in total. The zero-order chi connectivity index (χ0) is 20.4. The third-order valence-electron chi connectivity index (χ3n) is 5.52. The molecule has 0 radical (unpaired) electrons. The fourth-order valence-electron chi connectivity index (χ4n) is 3.48. The SMILES string of the molecule is Cc1ccc(-c2nn(-c3ccccc3)cc2C(=O)NN2CCN(C)CC2)cc1C. The molecule has 6 nitrogen and oxygen atoms in total. The summed E-state index contributed by atoms with van der Waals surface area (Å²) in [5.41, 5.74) is 8.63. The lowest BCUT2D eigenvalue weighted by Crippen LogP contribution is -2.52. The number of rotatable bonds is 4. The average molecular weight is 390 g/mol. The minimum Gasteiger partial charge on any atom is -0.304 e. The number of carbonyl (C=O) groups is 1. The Labute approximate surface area is 171 Å². The number of aromatic nitrogens is 2. The number of piperazine rings is 1. The standard InChI is InChI=1S/C23H27N5O/c1-17-9-10-19(15-18(17)2)22-21(16-28(24-22)20-7-5-4-6-8-20)23(29)25-27-13-11-26(3)12-14-27/h4-10,15-16H,11-14H2,1-3H3,(H,25,29). The van der Waals surface area contributed by atoms with Gasteiger partial charge in [0.15, 0.2) is 0 Å². The second-order valence-electron chi connectivity index (χ2n) is 7.70. The molecule has 1 aromatic heterocycles. The summed E-state index contributed by atoms with van der Waals surface area (Å²) in [7, 11) is 2.10. The summed E-state index contributed by atoms with van der Waals surface area (Å²) in [5, 5.41) is 6.77. The van der Waals surface area contributed by atoms with Gasteiger partial charge in [0.05, 0.1) is 11.3 Å². The van der Waals surface area contributed by atoms with Crippen LogP contribution in [0.5, 0.6) is 0 Å². The fourth-order valence-corrected chi connectivity index (χ4v) is 3.48. The number of hydrazine groups is 1. The minimum absolute atomic E-state index is 0.120. The van der Waals surface area contributed by atoms with Crippen LogP contribution in [0, 0.1) is 13.8 Å². The van der Waals surface area contributed by atoms with Crippen LogP contribution in [-0.4, -0.2) is 58.8 Å². The Balaban J connectivity index is 1.69. The summed E-state index contributed by atoms with van der Waals surface area (Å²) < 4.78 is 1.78. The summed E-state index contributed by atoms with van der Waals surface area (Å²) in [4.78, 5) is 15.4. The van der Waals surface area contributed by atoms with Gasteiger partial charge in [-0.2, -0.15) is 5.10 Å². The summed E-state index contributed by atoms with van der Waals surface area (Å²) in [6, 6.07) is 16.1. The van der Waals surface area contributed by atoms with Crippen molar-refractivity contribution in [2.75, 3.05) is 33.2 Å². The number of nitrogens with one attached hydrogen (secondary N) is 1. The highest BCUT2D eigenvalue weighted by molar-refractivity contribution is 5.99. The molecule has 0 saturated carbocycles. The lowest BCUT2D eigenvalue weighted by Gasteiger charge is -2.32. The van der Waals surface area contributed by atoms with E-state index in [4.69, 9.17) is 5.10 Å². The van der Waals surface area contributed by atoms with Crippen LogP contribution in [0.3, 0.4) is 0 Å². The highest BCUT2D eigenvalue weighted by Crippen LogP contribution is 2.26. The van der Waals surface area contributed by atoms with E-state index < -0.39 is 0 Å². The molecule has 2 heterocycles. The van der Waals surface area contributed by atoms with Gasteiger partial charge in [0.2, 0.25) is 0 Å². The van der Waals surface area contributed by atoms with Crippen LogP contribution in [0.15, 0.2) is 54.7 Å². The molecule has 1 fully saturated rings. The number of nitrogens with zero attached hydrogens (tertiary/aromatic N) is 4. The van der Waals surface area contributed by atoms with Gasteiger partial charge in [0, 0.05) is 37.9 Å². The Morgan fingerprint density at radius 3 is 2.38 bits per heavy atom. The van der Waals surface area contributed by atoms with Crippen molar-refractivity contribution in [3.05, 3.63) is 71.4 Å². The summed E-state index contributed by atoms with van der Waals surface area (Å²) in [5.74, 6) is -0.120. The zero-order valence-corrected chi connectivity index (χ0v) is 17.2. The van der Waals surface area contributed by atoms with Crippen molar-refractivity contribution in [2.45, 2.75) is 13.8 Å². The topological polar surface area (TPSA) is 53.4 Å². The number of benzene rings is 2. The largest absolute Gasteiger partial charge is 0.304 e. The molecule has 0 atom stereocenters. The lowest BCUT2D eigenvalue weighted by molar-refractivity contribution is 0.0663. The van der Waals surface area contributed by atoms with E-state index in [9.17, 15) is 4.79 Å². The number of hydrogen-bond acceptors (Lipinski definition) is 4. The number of aryl methyl sites for hydroxylation is 2. The van der Waals surface area contributed by atoms with Gasteiger partial charge in [-0.3, -0.25) is 10.2 Å². The molecule has 2 aromatic carbocycles. The van der Waals surface area contributed by atoms with Crippen molar-refractivity contribution in [1.29, 1.82) is 0 Å². The van der Waals surface area contributed by atoms with Gasteiger partial charge < -0.3 is 4.90 Å². The van der Waals surface area contributed by atoms with Crippen LogP contribution in [0.1, 0.15) is 21.5 Å². The van der Waals surface area contributed by atoms with E-state index in [1.54, 1.807) is 4.68 Å². The maximum absolute atomic E-state index is 13.2. The average Bonchev–Trinajstić information content (AvgIpc) is 3.18. The molecular weight excluding hydrogens is 362 g/mol. The van der Waals surface area contributed by atoms with Gasteiger partial charge in [-0.1, -0.05) is 30.3 Å². The molecule has 1 amide bonds. The van der Waals surface area contributed by atoms with Gasteiger partial charge in [-0.25, -0.2) is 9.69 Å². The quantitative estimate of drug-likeness (QED) is 0.745. The highest BCUT2D eigenvalue weighted by atomic mass is 16.2. The Morgan fingerprint density at radius 1 is 0.966 bits per heavy atom. The zero-order valence-electron chi connectivity index (χ0n) is 17.2. The molecule has 1 saturated heterocycles. The number of likely N-dealkylation sites (N-methyl/N-ethyl adjacent to an activating group) is 1. The molecule has 6 heteroatoms. The molecule has 4 rings (SSSR count). The molecule has 0 unspecified atom stereocenters. The van der Waals surface area contributed by atoms with Crippen LogP contribution >= 0.6 is 0 Å². The van der Waals surface area contributed by atoms with Crippen molar-refractivity contribution >= 4 is 5.91 Å². The molecule has 1 aliphatic heterocycles. The monoisotopic (exact) mass is 389 g/mol. The minimum atomic E-state index is -0.120. The van der Waals surface area contributed by atoms with Gasteiger partial charge in [0.1, 0.15) is 5.69 Å². The molecule has 1 aliphatic rings. The Bertz CT molecular complexity index is 1000. The van der Waals surface area contributed by atoms with Crippen molar-refractivity contribution in [3.8, 4) is 16.9 Å². The Morgan fingerprint density at radius 2 is 1.69 bits per heavy atom. The predicted molar refractivity (Wildman–Crippen MR) is 115 cm³/mol. The number of hydrogen-bond donors (Lipinski definition) is 1. The maximum Gasteiger partial charge on any atom is 0.269 e. The van der Waals surface area contributed by atoms with Crippen LogP contribution in [0.25, 0.3) is 16.9 Å². The molecule has 0 bridgehead atoms. The maximum atomic E-state index is 13.2. The first kappa shape index (κ1) is 19.4. The van der Waals surface area contributed by atoms with Gasteiger partial charge in [-0.05, 0) is 50.2 Å². The third kappa shape index (κ3) is 4.23. The van der Waals surface area contributed by atoms with E-state index in [0.717, 1.165) is 37.4 Å². The normalized spacial score (nSPS) is 15.4. The van der Waals surface area contributed by atoms with Crippen molar-refractivity contribution in [2.24, 2.45) is 0 Å². The Kier molecular flexibility index (Phi) is 5.47. The van der Waals surface area contributed by atoms with Crippen molar-refractivity contribution < 1.29 is 4.79 Å². The first-order valence-electron chi connectivity index (χ1n) is 9.98. The molecule has 3 aromatic rings.